The van der Waals surface area contributed by atoms with Crippen LogP contribution in [0.15, 0.2) is 17.6 Å². The minimum Gasteiger partial charge on any atom is -0.465 e. The zero-order valence-corrected chi connectivity index (χ0v) is 12.9. The molecule has 0 fully saturated rings. The van der Waals surface area contributed by atoms with Crippen molar-refractivity contribution in [2.45, 2.75) is 20.4 Å². The highest BCUT2D eigenvalue weighted by atomic mass is 32.1. The topological polar surface area (TPSA) is 86.4 Å². The molecule has 2 rings (SSSR count). The molecule has 112 valence electrons. The van der Waals surface area contributed by atoms with Gasteiger partial charge in [0.15, 0.2) is 0 Å². The number of rotatable bonds is 4. The normalized spacial score (nSPS) is 10.4. The van der Waals surface area contributed by atoms with E-state index in [0.717, 1.165) is 5.56 Å². The number of methoxy groups -OCH3 is 1. The van der Waals surface area contributed by atoms with Crippen molar-refractivity contribution in [3.8, 4) is 0 Å². The Bertz CT molecular complexity index is 688. The monoisotopic (exact) mass is 307 g/mol. The third-order valence-corrected chi connectivity index (χ3v) is 4.15. The molecular weight excluding hydrogens is 290 g/mol. The van der Waals surface area contributed by atoms with Gasteiger partial charge in [0.05, 0.1) is 18.5 Å². The fourth-order valence-corrected chi connectivity index (χ4v) is 2.93. The summed E-state index contributed by atoms with van der Waals surface area (Å²) in [5.41, 5.74) is 8.00. The van der Waals surface area contributed by atoms with E-state index >= 15 is 0 Å². The first-order valence-electron chi connectivity index (χ1n) is 6.41. The van der Waals surface area contributed by atoms with Gasteiger partial charge in [-0.3, -0.25) is 4.79 Å². The van der Waals surface area contributed by atoms with E-state index in [0.29, 0.717) is 28.5 Å². The number of aryl methyl sites for hydroxylation is 2. The van der Waals surface area contributed by atoms with Crippen molar-refractivity contribution in [2.75, 3.05) is 18.2 Å². The van der Waals surface area contributed by atoms with E-state index in [2.05, 4.69) is 5.32 Å². The molecule has 1 amide bonds. The van der Waals surface area contributed by atoms with Crippen LogP contribution in [-0.2, 0) is 11.3 Å². The quantitative estimate of drug-likeness (QED) is 0.850. The van der Waals surface area contributed by atoms with E-state index in [-0.39, 0.29) is 5.91 Å². The number of nitrogens with one attached hydrogen (secondary N) is 1. The molecule has 2 heterocycles. The minimum atomic E-state index is -0.464. The van der Waals surface area contributed by atoms with Crippen LogP contribution in [-0.4, -0.2) is 23.6 Å². The lowest BCUT2D eigenvalue weighted by molar-refractivity contribution is 0.0607. The zero-order chi connectivity index (χ0) is 15.6. The number of hydrogen-bond acceptors (Lipinski definition) is 5. The number of carbonyl (C=O) groups is 2. The number of ether oxygens (including phenoxy) is 1. The van der Waals surface area contributed by atoms with Crippen LogP contribution in [0.3, 0.4) is 0 Å². The Hall–Kier alpha value is -2.28. The summed E-state index contributed by atoms with van der Waals surface area (Å²) < 4.78 is 6.48. The van der Waals surface area contributed by atoms with Gasteiger partial charge >= 0.3 is 5.97 Å². The number of amides is 1. The molecule has 0 aromatic carbocycles. The number of carbonyl (C=O) groups excluding carboxylic acids is 2. The first kappa shape index (κ1) is 15.1. The highest BCUT2D eigenvalue weighted by Gasteiger charge is 2.20. The Morgan fingerprint density at radius 1 is 1.48 bits per heavy atom. The molecule has 2 aromatic rings. The molecule has 7 heteroatoms. The maximum Gasteiger partial charge on any atom is 0.350 e. The van der Waals surface area contributed by atoms with Crippen LogP contribution in [0.1, 0.15) is 32.6 Å². The molecule has 0 spiro atoms. The van der Waals surface area contributed by atoms with Crippen LogP contribution in [0, 0.1) is 6.92 Å². The van der Waals surface area contributed by atoms with Crippen molar-refractivity contribution in [3.63, 3.8) is 0 Å². The Balaban J connectivity index is 2.31. The summed E-state index contributed by atoms with van der Waals surface area (Å²) in [5.74, 6) is -0.769. The van der Waals surface area contributed by atoms with E-state index in [1.807, 2.05) is 13.8 Å². The van der Waals surface area contributed by atoms with Crippen LogP contribution in [0.5, 0.6) is 0 Å². The molecule has 0 saturated carbocycles. The molecule has 6 nitrogen and oxygen atoms in total. The van der Waals surface area contributed by atoms with Crippen LogP contribution in [0.4, 0.5) is 11.4 Å². The van der Waals surface area contributed by atoms with Crippen molar-refractivity contribution < 1.29 is 14.3 Å². The molecular formula is C14H17N3O3S. The number of anilines is 2. The number of nitrogens with two attached hydrogens (primary N) is 1. The maximum absolute atomic E-state index is 12.4. The number of hydrogen-bond donors (Lipinski definition) is 2. The third-order valence-electron chi connectivity index (χ3n) is 3.08. The molecule has 0 aliphatic carbocycles. The largest absolute Gasteiger partial charge is 0.465 e. The van der Waals surface area contributed by atoms with Crippen LogP contribution >= 0.6 is 11.3 Å². The van der Waals surface area contributed by atoms with E-state index < -0.39 is 5.97 Å². The lowest BCUT2D eigenvalue weighted by Gasteiger charge is -2.09. The van der Waals surface area contributed by atoms with Gasteiger partial charge in [-0.1, -0.05) is 0 Å². The van der Waals surface area contributed by atoms with Gasteiger partial charge in [-0.15, -0.1) is 11.3 Å². The minimum absolute atomic E-state index is 0.305. The summed E-state index contributed by atoms with van der Waals surface area (Å²) in [4.78, 5) is 24.5. The average molecular weight is 307 g/mol. The van der Waals surface area contributed by atoms with Gasteiger partial charge in [-0.25, -0.2) is 4.79 Å². The average Bonchev–Trinajstić information content (AvgIpc) is 3.02. The second-order valence-electron chi connectivity index (χ2n) is 4.51. The van der Waals surface area contributed by atoms with Crippen molar-refractivity contribution >= 4 is 34.6 Å². The van der Waals surface area contributed by atoms with E-state index in [1.54, 1.807) is 22.2 Å². The summed E-state index contributed by atoms with van der Waals surface area (Å²) in [5, 5.41) is 4.57. The maximum atomic E-state index is 12.4. The Morgan fingerprint density at radius 3 is 2.81 bits per heavy atom. The fourth-order valence-electron chi connectivity index (χ4n) is 2.01. The molecule has 3 N–H and O–H groups in total. The first-order chi connectivity index (χ1) is 9.97. The Kier molecular flexibility index (Phi) is 4.32. The molecule has 0 saturated heterocycles. The Labute approximate surface area is 126 Å². The van der Waals surface area contributed by atoms with E-state index in [1.165, 1.54) is 18.4 Å². The van der Waals surface area contributed by atoms with Crippen molar-refractivity contribution in [1.82, 2.24) is 4.57 Å². The molecule has 0 aliphatic heterocycles. The summed E-state index contributed by atoms with van der Waals surface area (Å²) in [6.45, 7) is 4.38. The predicted octanol–water partition coefficient (Wildman–Crippen LogP) is 2.50. The van der Waals surface area contributed by atoms with Gasteiger partial charge in [0.25, 0.3) is 5.91 Å². The van der Waals surface area contributed by atoms with E-state index in [4.69, 9.17) is 10.5 Å². The standard InChI is InChI=1S/C14H17N3O3S/c1-4-17-6-9(15)5-10(17)13(18)16-11-8(2)7-21-12(11)14(19)20-3/h5-7H,4,15H2,1-3H3,(H,16,18). The van der Waals surface area contributed by atoms with Gasteiger partial charge in [0.2, 0.25) is 0 Å². The van der Waals surface area contributed by atoms with Crippen LogP contribution in [0.25, 0.3) is 0 Å². The van der Waals surface area contributed by atoms with Gasteiger partial charge in [0, 0.05) is 12.7 Å². The second-order valence-corrected chi connectivity index (χ2v) is 5.39. The molecule has 0 atom stereocenters. The smallest absolute Gasteiger partial charge is 0.350 e. The van der Waals surface area contributed by atoms with Crippen molar-refractivity contribution in [1.29, 1.82) is 0 Å². The molecule has 0 bridgehead atoms. The number of thiophene rings is 1. The van der Waals surface area contributed by atoms with Crippen LogP contribution < -0.4 is 11.1 Å². The van der Waals surface area contributed by atoms with Gasteiger partial charge in [-0.05, 0) is 30.9 Å². The second kappa shape index (κ2) is 6.01. The summed E-state index contributed by atoms with van der Waals surface area (Å²) in [6.07, 6.45) is 1.70. The number of nitrogens with zero attached hydrogens (tertiary/aromatic N) is 1. The predicted molar refractivity (Wildman–Crippen MR) is 82.9 cm³/mol. The van der Waals surface area contributed by atoms with E-state index in [9.17, 15) is 9.59 Å². The first-order valence-corrected chi connectivity index (χ1v) is 7.29. The lowest BCUT2D eigenvalue weighted by Crippen LogP contribution is -2.18. The molecule has 0 unspecified atom stereocenters. The highest BCUT2D eigenvalue weighted by molar-refractivity contribution is 7.12. The SMILES string of the molecule is CCn1cc(N)cc1C(=O)Nc1c(C)csc1C(=O)OC. The Morgan fingerprint density at radius 2 is 2.19 bits per heavy atom. The van der Waals surface area contributed by atoms with Crippen molar-refractivity contribution in [2.24, 2.45) is 0 Å². The zero-order valence-electron chi connectivity index (χ0n) is 12.1. The molecule has 0 aliphatic rings. The van der Waals surface area contributed by atoms with Crippen LogP contribution in [0.2, 0.25) is 0 Å². The van der Waals surface area contributed by atoms with Crippen molar-refractivity contribution in [3.05, 3.63) is 33.8 Å². The summed E-state index contributed by atoms with van der Waals surface area (Å²) in [7, 11) is 1.31. The fraction of sp³-hybridized carbons (Fsp3) is 0.286. The molecule has 0 radical (unpaired) electrons. The van der Waals surface area contributed by atoms with Gasteiger partial charge < -0.3 is 20.4 Å². The lowest BCUT2D eigenvalue weighted by atomic mass is 10.2. The van der Waals surface area contributed by atoms with Gasteiger partial charge in [-0.2, -0.15) is 0 Å². The summed E-state index contributed by atoms with van der Waals surface area (Å²) >= 11 is 1.24. The number of nitrogen functional groups attached to an aromatic ring is 1. The molecule has 2 aromatic heterocycles. The molecule has 21 heavy (non-hydrogen) atoms. The van der Waals surface area contributed by atoms with Gasteiger partial charge in [0.1, 0.15) is 10.6 Å². The third kappa shape index (κ3) is 2.92. The summed E-state index contributed by atoms with van der Waals surface area (Å²) in [6, 6.07) is 1.61. The number of aromatic nitrogens is 1. The highest BCUT2D eigenvalue weighted by Crippen LogP contribution is 2.29. The number of esters is 1.